The highest BCUT2D eigenvalue weighted by Gasteiger charge is 2.37. The van der Waals surface area contributed by atoms with Crippen molar-refractivity contribution in [1.82, 2.24) is 4.90 Å². The van der Waals surface area contributed by atoms with Crippen LogP contribution < -0.4 is 5.73 Å². The van der Waals surface area contributed by atoms with Crippen LogP contribution in [-0.4, -0.2) is 23.8 Å². The summed E-state index contributed by atoms with van der Waals surface area (Å²) in [5.41, 5.74) is 6.62. The van der Waals surface area contributed by atoms with Crippen molar-refractivity contribution in [1.29, 1.82) is 5.26 Å². The van der Waals surface area contributed by atoms with Gasteiger partial charge in [0.25, 0.3) is 0 Å². The van der Waals surface area contributed by atoms with Gasteiger partial charge in [-0.25, -0.2) is 9.38 Å². The lowest BCUT2D eigenvalue weighted by Crippen LogP contribution is -2.47. The van der Waals surface area contributed by atoms with Gasteiger partial charge in [-0.15, -0.1) is 11.3 Å². The first-order valence-corrected chi connectivity index (χ1v) is 8.69. The third kappa shape index (κ3) is 2.89. The van der Waals surface area contributed by atoms with Crippen LogP contribution in [0.15, 0.2) is 35.8 Å². The topological polar surface area (TPSA) is 82.5 Å². The van der Waals surface area contributed by atoms with Gasteiger partial charge in [0.1, 0.15) is 17.4 Å². The Morgan fingerprint density at radius 2 is 2.23 bits per heavy atom. The highest BCUT2D eigenvalue weighted by Crippen LogP contribution is 2.42. The molecule has 0 saturated carbocycles. The SMILES string of the molecule is C=Cc1sc([C@]2(C)CC(=O)N(C)C(N)=N2)cc1-c1ccc(F)c(C#N)c1. The summed E-state index contributed by atoms with van der Waals surface area (Å²) in [4.78, 5) is 19.8. The van der Waals surface area contributed by atoms with E-state index in [1.165, 1.54) is 28.4 Å². The molecule has 1 amide bonds. The number of nitriles is 1. The molecule has 0 unspecified atom stereocenters. The van der Waals surface area contributed by atoms with Gasteiger partial charge in [0.15, 0.2) is 5.96 Å². The summed E-state index contributed by atoms with van der Waals surface area (Å²) in [6.07, 6.45) is 1.90. The van der Waals surface area contributed by atoms with E-state index in [-0.39, 0.29) is 23.9 Å². The molecule has 2 aromatic rings. The fraction of sp³-hybridized carbons (Fsp3) is 0.211. The number of guanidine groups is 1. The fourth-order valence-electron chi connectivity index (χ4n) is 2.88. The van der Waals surface area contributed by atoms with Crippen molar-refractivity contribution in [2.75, 3.05) is 7.05 Å². The Balaban J connectivity index is 2.12. The summed E-state index contributed by atoms with van der Waals surface area (Å²) < 4.78 is 13.6. The van der Waals surface area contributed by atoms with E-state index in [1.807, 2.05) is 19.1 Å². The number of aliphatic imine (C=N–C) groups is 1. The van der Waals surface area contributed by atoms with Gasteiger partial charge in [0.05, 0.1) is 12.0 Å². The molecular weight excluding hydrogens is 351 g/mol. The van der Waals surface area contributed by atoms with E-state index in [2.05, 4.69) is 11.6 Å². The molecule has 2 N–H and O–H groups in total. The molecule has 0 spiro atoms. The lowest BCUT2D eigenvalue weighted by Gasteiger charge is -2.32. The number of carbonyl (C=O) groups is 1. The zero-order valence-electron chi connectivity index (χ0n) is 14.4. The number of hydrogen-bond donors (Lipinski definition) is 1. The quantitative estimate of drug-likeness (QED) is 0.901. The summed E-state index contributed by atoms with van der Waals surface area (Å²) >= 11 is 1.45. The first-order valence-electron chi connectivity index (χ1n) is 7.87. The first kappa shape index (κ1) is 17.8. The highest BCUT2D eigenvalue weighted by molar-refractivity contribution is 7.13. The van der Waals surface area contributed by atoms with Crippen molar-refractivity contribution in [2.24, 2.45) is 10.7 Å². The van der Waals surface area contributed by atoms with Crippen molar-refractivity contribution < 1.29 is 9.18 Å². The predicted octanol–water partition coefficient (Wildman–Crippen LogP) is 3.46. The number of nitrogens with two attached hydrogens (primary N) is 1. The molecule has 1 aromatic heterocycles. The Morgan fingerprint density at radius 1 is 1.50 bits per heavy atom. The van der Waals surface area contributed by atoms with E-state index in [0.717, 1.165) is 15.3 Å². The monoisotopic (exact) mass is 368 g/mol. The van der Waals surface area contributed by atoms with Crippen molar-refractivity contribution >= 4 is 29.3 Å². The predicted molar refractivity (Wildman–Crippen MR) is 101 cm³/mol. The minimum absolute atomic E-state index is 0.0202. The van der Waals surface area contributed by atoms with Crippen LogP contribution in [0.25, 0.3) is 17.2 Å². The molecule has 1 aliphatic rings. The van der Waals surface area contributed by atoms with Crippen molar-refractivity contribution in [3.63, 3.8) is 0 Å². The van der Waals surface area contributed by atoms with Gasteiger partial charge in [-0.2, -0.15) is 5.26 Å². The fourth-order valence-corrected chi connectivity index (χ4v) is 4.00. The molecular formula is C19H17FN4OS. The molecule has 1 aromatic carbocycles. The normalized spacial score (nSPS) is 19.8. The Bertz CT molecular complexity index is 988. The maximum atomic E-state index is 13.6. The molecule has 3 rings (SSSR count). The molecule has 1 atom stereocenters. The number of amides is 1. The number of nitrogens with zero attached hydrogens (tertiary/aromatic N) is 3. The Hall–Kier alpha value is -2.98. The zero-order valence-corrected chi connectivity index (χ0v) is 15.2. The van der Waals surface area contributed by atoms with Crippen molar-refractivity contribution in [3.05, 3.63) is 52.0 Å². The summed E-state index contributed by atoms with van der Waals surface area (Å²) in [6, 6.07) is 8.16. The molecule has 0 aliphatic carbocycles. The van der Waals surface area contributed by atoms with Gasteiger partial charge in [-0.3, -0.25) is 9.69 Å². The third-order valence-corrected chi connectivity index (χ3v) is 5.83. The number of carbonyl (C=O) groups excluding carboxylic acids is 1. The summed E-state index contributed by atoms with van der Waals surface area (Å²) in [7, 11) is 1.59. The molecule has 5 nitrogen and oxygen atoms in total. The summed E-state index contributed by atoms with van der Waals surface area (Å²) in [5, 5.41) is 9.07. The molecule has 0 radical (unpaired) electrons. The van der Waals surface area contributed by atoms with Gasteiger partial charge in [0, 0.05) is 22.4 Å². The van der Waals surface area contributed by atoms with Crippen LogP contribution in [0.5, 0.6) is 0 Å². The van der Waals surface area contributed by atoms with E-state index >= 15 is 0 Å². The number of thiophene rings is 1. The minimum atomic E-state index is -0.771. The standard InChI is InChI=1S/C19H17FN4OS/c1-4-15-13(11-5-6-14(20)12(7-11)10-21)8-16(26-15)19(2)9-17(25)24(3)18(22)23-19/h4-8H,1,9H2,2-3H3,(H2,22,23)/t19-/m0/s1. The van der Waals surface area contributed by atoms with Crippen LogP contribution in [0.2, 0.25) is 0 Å². The van der Waals surface area contributed by atoms with Crippen LogP contribution in [0.3, 0.4) is 0 Å². The van der Waals surface area contributed by atoms with Crippen LogP contribution in [0.1, 0.15) is 28.7 Å². The van der Waals surface area contributed by atoms with Gasteiger partial charge in [-0.05, 0) is 30.7 Å². The molecule has 2 heterocycles. The smallest absolute Gasteiger partial charge is 0.231 e. The average molecular weight is 368 g/mol. The van der Waals surface area contributed by atoms with Crippen LogP contribution in [0.4, 0.5) is 4.39 Å². The van der Waals surface area contributed by atoms with Gasteiger partial charge in [0.2, 0.25) is 5.91 Å². The second-order valence-electron chi connectivity index (χ2n) is 6.27. The molecule has 0 fully saturated rings. The molecule has 1 aliphatic heterocycles. The maximum absolute atomic E-state index is 13.6. The maximum Gasteiger partial charge on any atom is 0.231 e. The number of halogens is 1. The average Bonchev–Trinajstić information content (AvgIpc) is 3.05. The summed E-state index contributed by atoms with van der Waals surface area (Å²) in [6.45, 7) is 5.70. The Kier molecular flexibility index (Phi) is 4.38. The molecule has 0 bridgehead atoms. The minimum Gasteiger partial charge on any atom is -0.369 e. The molecule has 26 heavy (non-hydrogen) atoms. The van der Waals surface area contributed by atoms with Crippen LogP contribution in [0, 0.1) is 17.1 Å². The van der Waals surface area contributed by atoms with E-state index in [0.29, 0.717) is 5.56 Å². The number of rotatable bonds is 3. The molecule has 132 valence electrons. The third-order valence-electron chi connectivity index (χ3n) is 4.45. The van der Waals surface area contributed by atoms with Crippen LogP contribution in [-0.2, 0) is 10.3 Å². The summed E-state index contributed by atoms with van der Waals surface area (Å²) in [5.74, 6) is -0.492. The highest BCUT2D eigenvalue weighted by atomic mass is 32.1. The van der Waals surface area contributed by atoms with Crippen molar-refractivity contribution in [3.8, 4) is 17.2 Å². The number of hydrogen-bond acceptors (Lipinski definition) is 5. The Morgan fingerprint density at radius 3 is 2.85 bits per heavy atom. The van der Waals surface area contributed by atoms with E-state index in [9.17, 15) is 9.18 Å². The lowest BCUT2D eigenvalue weighted by atomic mass is 9.92. The van der Waals surface area contributed by atoms with E-state index in [1.54, 1.807) is 19.2 Å². The Labute approximate surface area is 154 Å². The van der Waals surface area contributed by atoms with E-state index in [4.69, 9.17) is 11.0 Å². The van der Waals surface area contributed by atoms with Gasteiger partial charge in [-0.1, -0.05) is 18.7 Å². The van der Waals surface area contributed by atoms with Crippen molar-refractivity contribution in [2.45, 2.75) is 18.9 Å². The molecule has 0 saturated heterocycles. The largest absolute Gasteiger partial charge is 0.369 e. The second kappa shape index (κ2) is 6.39. The van der Waals surface area contributed by atoms with Crippen LogP contribution >= 0.6 is 11.3 Å². The van der Waals surface area contributed by atoms with Gasteiger partial charge < -0.3 is 5.73 Å². The number of benzene rings is 1. The lowest BCUT2D eigenvalue weighted by molar-refractivity contribution is -0.128. The zero-order chi connectivity index (χ0) is 19.1. The molecule has 7 heteroatoms. The van der Waals surface area contributed by atoms with E-state index < -0.39 is 11.4 Å². The second-order valence-corrected chi connectivity index (χ2v) is 7.36. The van der Waals surface area contributed by atoms with Gasteiger partial charge >= 0.3 is 0 Å². The first-order chi connectivity index (χ1) is 12.3.